The first-order chi connectivity index (χ1) is 18.5. The Morgan fingerprint density at radius 3 is 2.56 bits per heavy atom. The molecule has 2 saturated heterocycles. The van der Waals surface area contributed by atoms with Crippen LogP contribution in [-0.4, -0.2) is 61.5 Å². The number of ether oxygens (including phenoxy) is 1. The van der Waals surface area contributed by atoms with Crippen molar-refractivity contribution in [2.45, 2.75) is 63.5 Å². The Kier molecular flexibility index (Phi) is 8.11. The largest absolute Gasteiger partial charge is 0.379 e. The molecule has 39 heavy (non-hydrogen) atoms. The zero-order valence-electron chi connectivity index (χ0n) is 22.7. The lowest BCUT2D eigenvalue weighted by Crippen LogP contribution is -2.49. The Balaban J connectivity index is 1.58. The van der Waals surface area contributed by atoms with E-state index >= 15 is 0 Å². The standard InChI is InChI=1S/C30H36Cl2FN3O3/c1-29(2,3)17-25-30(22-7-6-19(31)16-23(22)34-28(30)38)26(18-13-20(32)15-21(33)14-18)27(35-25)24(37)5-4-8-36-9-11-39-12-10-36/h6-7,13-16,25-27,35H,4-5,8-12,17H2,1-3H3,(H,34,38)/t25-,26+,27+,30+/m1/s1. The number of amides is 1. The number of rotatable bonds is 7. The van der Waals surface area contributed by atoms with Crippen molar-refractivity contribution in [2.24, 2.45) is 5.41 Å². The Labute approximate surface area is 239 Å². The number of benzene rings is 2. The molecule has 0 aromatic heterocycles. The molecule has 1 spiro atoms. The molecule has 2 aromatic rings. The summed E-state index contributed by atoms with van der Waals surface area (Å²) in [5.74, 6) is -1.35. The lowest BCUT2D eigenvalue weighted by molar-refractivity contribution is -0.122. The molecule has 9 heteroatoms. The predicted molar refractivity (Wildman–Crippen MR) is 152 cm³/mol. The second-order valence-electron chi connectivity index (χ2n) is 12.2. The first kappa shape index (κ1) is 28.5. The van der Waals surface area contributed by atoms with Gasteiger partial charge in [0, 0.05) is 47.2 Å². The number of ketones is 1. The predicted octanol–water partition coefficient (Wildman–Crippen LogP) is 5.56. The van der Waals surface area contributed by atoms with Crippen molar-refractivity contribution < 1.29 is 18.7 Å². The Morgan fingerprint density at radius 1 is 1.13 bits per heavy atom. The SMILES string of the molecule is CC(C)(C)C[C@H]1N[C@@H](C(=O)CCCN2CCOCC2)[C@H](c2cc(F)cc(Cl)c2)[C@@]12C(=O)Nc1cc(Cl)ccc12. The summed E-state index contributed by atoms with van der Waals surface area (Å²) in [6.45, 7) is 10.3. The van der Waals surface area contributed by atoms with E-state index in [2.05, 4.69) is 36.3 Å². The third kappa shape index (κ3) is 5.62. The van der Waals surface area contributed by atoms with E-state index in [-0.39, 0.29) is 28.2 Å². The highest BCUT2D eigenvalue weighted by Gasteiger charge is 2.65. The molecule has 1 amide bonds. The number of carbonyl (C=O) groups is 2. The number of nitrogens with one attached hydrogen (secondary N) is 2. The van der Waals surface area contributed by atoms with Crippen LogP contribution < -0.4 is 10.6 Å². The van der Waals surface area contributed by atoms with Gasteiger partial charge in [-0.3, -0.25) is 14.5 Å². The summed E-state index contributed by atoms with van der Waals surface area (Å²) in [4.78, 5) is 30.4. The average Bonchev–Trinajstić information content (AvgIpc) is 3.33. The molecule has 3 aliphatic rings. The molecule has 0 unspecified atom stereocenters. The Hall–Kier alpha value is -2.03. The fourth-order valence-electron chi connectivity index (χ4n) is 6.69. The van der Waals surface area contributed by atoms with Gasteiger partial charge < -0.3 is 15.4 Å². The fraction of sp³-hybridized carbons (Fsp3) is 0.533. The first-order valence-electron chi connectivity index (χ1n) is 13.7. The minimum atomic E-state index is -1.14. The number of fused-ring (bicyclic) bond motifs is 2. The summed E-state index contributed by atoms with van der Waals surface area (Å²) in [5, 5.41) is 7.38. The highest BCUT2D eigenvalue weighted by Crippen LogP contribution is 2.57. The van der Waals surface area contributed by atoms with E-state index in [4.69, 9.17) is 27.9 Å². The Morgan fingerprint density at radius 2 is 1.87 bits per heavy atom. The highest BCUT2D eigenvalue weighted by molar-refractivity contribution is 6.31. The number of halogens is 3. The number of morpholine rings is 1. The second kappa shape index (κ2) is 11.1. The molecule has 0 bridgehead atoms. The summed E-state index contributed by atoms with van der Waals surface area (Å²) < 4.78 is 20.2. The van der Waals surface area contributed by atoms with Crippen LogP contribution in [0.4, 0.5) is 10.1 Å². The van der Waals surface area contributed by atoms with Crippen LogP contribution in [0.2, 0.25) is 10.0 Å². The van der Waals surface area contributed by atoms with E-state index in [1.54, 1.807) is 18.2 Å². The lowest BCUT2D eigenvalue weighted by atomic mass is 9.62. The van der Waals surface area contributed by atoms with E-state index in [0.717, 1.165) is 25.2 Å². The van der Waals surface area contributed by atoms with Gasteiger partial charge in [-0.1, -0.05) is 50.0 Å². The molecule has 0 radical (unpaired) electrons. The maximum Gasteiger partial charge on any atom is 0.237 e. The molecule has 0 saturated carbocycles. The topological polar surface area (TPSA) is 70.7 Å². The number of hydrogen-bond acceptors (Lipinski definition) is 5. The van der Waals surface area contributed by atoms with Gasteiger partial charge in [0.25, 0.3) is 0 Å². The maximum atomic E-state index is 14.8. The third-order valence-electron chi connectivity index (χ3n) is 8.21. The first-order valence-corrected chi connectivity index (χ1v) is 14.4. The zero-order valence-corrected chi connectivity index (χ0v) is 24.2. The molecule has 6 nitrogen and oxygen atoms in total. The van der Waals surface area contributed by atoms with E-state index in [1.165, 1.54) is 12.1 Å². The van der Waals surface area contributed by atoms with Crippen LogP contribution in [0.1, 0.15) is 57.1 Å². The zero-order chi connectivity index (χ0) is 27.9. The molecule has 3 aliphatic heterocycles. The number of nitrogens with zero attached hydrogens (tertiary/aromatic N) is 1. The van der Waals surface area contributed by atoms with E-state index in [1.807, 2.05) is 6.07 Å². The number of anilines is 1. The molecule has 2 fully saturated rings. The quantitative estimate of drug-likeness (QED) is 0.452. The highest BCUT2D eigenvalue weighted by atomic mass is 35.5. The number of Topliss-reactive ketones (excluding diaryl/α,β-unsaturated/α-hetero) is 1. The van der Waals surface area contributed by atoms with Gasteiger partial charge in [-0.05, 0) is 66.3 Å². The molecule has 0 aliphatic carbocycles. The average molecular weight is 577 g/mol. The molecule has 3 heterocycles. The Bertz CT molecular complexity index is 1240. The van der Waals surface area contributed by atoms with Crippen LogP contribution in [0, 0.1) is 11.2 Å². The van der Waals surface area contributed by atoms with Crippen LogP contribution in [0.25, 0.3) is 0 Å². The van der Waals surface area contributed by atoms with E-state index in [9.17, 15) is 14.0 Å². The monoisotopic (exact) mass is 575 g/mol. The fourth-order valence-corrected chi connectivity index (χ4v) is 7.09. The van der Waals surface area contributed by atoms with Crippen LogP contribution >= 0.6 is 23.2 Å². The van der Waals surface area contributed by atoms with Crippen molar-refractivity contribution in [3.05, 3.63) is 63.4 Å². The summed E-state index contributed by atoms with van der Waals surface area (Å²) in [6, 6.07) is 8.66. The van der Waals surface area contributed by atoms with E-state index < -0.39 is 23.2 Å². The number of hydrogen-bond donors (Lipinski definition) is 2. The number of carbonyl (C=O) groups excluding carboxylic acids is 2. The van der Waals surface area contributed by atoms with Crippen molar-refractivity contribution in [1.29, 1.82) is 0 Å². The molecule has 2 aromatic carbocycles. The van der Waals surface area contributed by atoms with Gasteiger partial charge in [0.1, 0.15) is 17.0 Å². The maximum absolute atomic E-state index is 14.8. The van der Waals surface area contributed by atoms with Gasteiger partial charge in [0.2, 0.25) is 5.91 Å². The smallest absolute Gasteiger partial charge is 0.237 e. The molecule has 2 N–H and O–H groups in total. The summed E-state index contributed by atoms with van der Waals surface area (Å²) in [6.07, 6.45) is 1.67. The van der Waals surface area contributed by atoms with Gasteiger partial charge in [-0.15, -0.1) is 0 Å². The third-order valence-corrected chi connectivity index (χ3v) is 8.67. The molecule has 210 valence electrons. The molecular formula is C30H36Cl2FN3O3. The minimum absolute atomic E-state index is 0.0136. The van der Waals surface area contributed by atoms with E-state index in [0.29, 0.717) is 48.7 Å². The second-order valence-corrected chi connectivity index (χ2v) is 13.1. The van der Waals surface area contributed by atoms with Crippen molar-refractivity contribution in [2.75, 3.05) is 38.2 Å². The summed E-state index contributed by atoms with van der Waals surface area (Å²) in [5.41, 5.74) is 0.634. The molecule has 4 atom stereocenters. The van der Waals surface area contributed by atoms with Crippen LogP contribution in [-0.2, 0) is 19.7 Å². The van der Waals surface area contributed by atoms with Crippen molar-refractivity contribution in [3.63, 3.8) is 0 Å². The summed E-state index contributed by atoms with van der Waals surface area (Å²) in [7, 11) is 0. The summed E-state index contributed by atoms with van der Waals surface area (Å²) >= 11 is 12.6. The van der Waals surface area contributed by atoms with Crippen molar-refractivity contribution in [1.82, 2.24) is 10.2 Å². The van der Waals surface area contributed by atoms with Crippen LogP contribution in [0.5, 0.6) is 0 Å². The van der Waals surface area contributed by atoms with Crippen molar-refractivity contribution >= 4 is 40.6 Å². The minimum Gasteiger partial charge on any atom is -0.379 e. The molecular weight excluding hydrogens is 540 g/mol. The van der Waals surface area contributed by atoms with Gasteiger partial charge >= 0.3 is 0 Å². The van der Waals surface area contributed by atoms with Gasteiger partial charge in [0.05, 0.1) is 19.3 Å². The van der Waals surface area contributed by atoms with Gasteiger partial charge in [-0.25, -0.2) is 4.39 Å². The molecule has 5 rings (SSSR count). The van der Waals surface area contributed by atoms with Crippen LogP contribution in [0.15, 0.2) is 36.4 Å². The van der Waals surface area contributed by atoms with Gasteiger partial charge in [-0.2, -0.15) is 0 Å². The van der Waals surface area contributed by atoms with Gasteiger partial charge in [0.15, 0.2) is 0 Å². The lowest BCUT2D eigenvalue weighted by Gasteiger charge is -2.37. The van der Waals surface area contributed by atoms with Crippen molar-refractivity contribution in [3.8, 4) is 0 Å². The normalized spacial score (nSPS) is 27.1. The van der Waals surface area contributed by atoms with Crippen LogP contribution in [0.3, 0.4) is 0 Å².